The predicted molar refractivity (Wildman–Crippen MR) is 138 cm³/mol. The minimum absolute atomic E-state index is 0.0870. The Morgan fingerprint density at radius 3 is 2.60 bits per heavy atom. The third-order valence-corrected chi connectivity index (χ3v) is 6.47. The van der Waals surface area contributed by atoms with Crippen LogP contribution < -0.4 is 16.0 Å². The van der Waals surface area contributed by atoms with Crippen LogP contribution in [-0.4, -0.2) is 34.3 Å². The van der Waals surface area contributed by atoms with Gasteiger partial charge >= 0.3 is 0 Å². The van der Waals surface area contributed by atoms with E-state index in [0.29, 0.717) is 23.8 Å². The summed E-state index contributed by atoms with van der Waals surface area (Å²) < 4.78 is 1.76. The summed E-state index contributed by atoms with van der Waals surface area (Å²) >= 11 is 0. The van der Waals surface area contributed by atoms with Gasteiger partial charge in [-0.2, -0.15) is 0 Å². The van der Waals surface area contributed by atoms with Gasteiger partial charge in [-0.05, 0) is 48.6 Å². The molecule has 182 valence electrons. The van der Waals surface area contributed by atoms with Gasteiger partial charge in [0.15, 0.2) is 0 Å². The number of imidazole rings is 1. The van der Waals surface area contributed by atoms with E-state index in [0.717, 1.165) is 29.6 Å². The molecular formula is C27H31N5O3. The number of benzene rings is 2. The second kappa shape index (κ2) is 11.0. The number of carbonyl (C=O) groups is 3. The van der Waals surface area contributed by atoms with Gasteiger partial charge < -0.3 is 15.2 Å². The molecule has 0 bridgehead atoms. The molecule has 1 aliphatic carbocycles. The topological polar surface area (TPSA) is 110 Å². The van der Waals surface area contributed by atoms with Crippen molar-refractivity contribution in [3.8, 4) is 0 Å². The fraction of sp³-hybridized carbons (Fsp3) is 0.333. The quantitative estimate of drug-likeness (QED) is 0.456. The molecule has 1 saturated carbocycles. The summed E-state index contributed by atoms with van der Waals surface area (Å²) in [6.45, 7) is 0.277. The molecule has 3 N–H and O–H groups in total. The normalized spacial score (nSPS) is 14.0. The van der Waals surface area contributed by atoms with E-state index in [1.54, 1.807) is 22.6 Å². The number of nitrogens with two attached hydrogens (primary N) is 1. The minimum Gasteiger partial charge on any atom is -0.370 e. The summed E-state index contributed by atoms with van der Waals surface area (Å²) in [4.78, 5) is 43.1. The SMILES string of the molecule is CN(C(=O)CC1CCCC1)c1ccc2c(c1)nc(NC(=O)C=Cc1ccccc1)n2CCC(N)=O. The van der Waals surface area contributed by atoms with Crippen molar-refractivity contribution >= 4 is 46.5 Å². The van der Waals surface area contributed by atoms with Crippen LogP contribution in [0.1, 0.15) is 44.1 Å². The summed E-state index contributed by atoms with van der Waals surface area (Å²) in [5.41, 5.74) is 8.37. The van der Waals surface area contributed by atoms with Crippen LogP contribution >= 0.6 is 0 Å². The van der Waals surface area contributed by atoms with E-state index in [1.807, 2.05) is 48.5 Å². The van der Waals surface area contributed by atoms with Crippen LogP contribution in [0.4, 0.5) is 11.6 Å². The zero-order valence-corrected chi connectivity index (χ0v) is 19.9. The van der Waals surface area contributed by atoms with Crippen LogP contribution in [0.15, 0.2) is 54.6 Å². The number of aromatic nitrogens is 2. The summed E-state index contributed by atoms with van der Waals surface area (Å²) in [7, 11) is 1.78. The van der Waals surface area contributed by atoms with Crippen LogP contribution in [0.25, 0.3) is 17.1 Å². The molecule has 0 saturated heterocycles. The lowest BCUT2D eigenvalue weighted by Crippen LogP contribution is -2.27. The largest absolute Gasteiger partial charge is 0.370 e. The second-order valence-electron chi connectivity index (χ2n) is 9.02. The fourth-order valence-electron chi connectivity index (χ4n) is 4.50. The number of hydrogen-bond donors (Lipinski definition) is 2. The van der Waals surface area contributed by atoms with E-state index < -0.39 is 5.91 Å². The summed E-state index contributed by atoms with van der Waals surface area (Å²) in [6.07, 6.45) is 8.45. The molecule has 8 heteroatoms. The maximum atomic E-state index is 12.8. The Kier molecular flexibility index (Phi) is 7.60. The molecule has 0 atom stereocenters. The monoisotopic (exact) mass is 473 g/mol. The first-order chi connectivity index (χ1) is 16.9. The predicted octanol–water partition coefficient (Wildman–Crippen LogP) is 4.11. The molecular weight excluding hydrogens is 442 g/mol. The molecule has 1 heterocycles. The Morgan fingerprint density at radius 2 is 1.89 bits per heavy atom. The highest BCUT2D eigenvalue weighted by Gasteiger charge is 2.22. The smallest absolute Gasteiger partial charge is 0.250 e. The lowest BCUT2D eigenvalue weighted by Gasteiger charge is -2.19. The summed E-state index contributed by atoms with van der Waals surface area (Å²) in [5.74, 6) is 0.0907. The maximum absolute atomic E-state index is 12.8. The Hall–Kier alpha value is -3.94. The van der Waals surface area contributed by atoms with Gasteiger partial charge in [-0.25, -0.2) is 4.98 Å². The third-order valence-electron chi connectivity index (χ3n) is 6.47. The molecule has 1 aromatic heterocycles. The van der Waals surface area contributed by atoms with Crippen molar-refractivity contribution in [3.63, 3.8) is 0 Å². The number of carbonyl (C=O) groups excluding carboxylic acids is 3. The van der Waals surface area contributed by atoms with Gasteiger partial charge in [0.25, 0.3) is 5.91 Å². The van der Waals surface area contributed by atoms with E-state index in [4.69, 9.17) is 5.73 Å². The van der Waals surface area contributed by atoms with Crippen molar-refractivity contribution in [3.05, 3.63) is 60.2 Å². The first-order valence-corrected chi connectivity index (χ1v) is 12.0. The van der Waals surface area contributed by atoms with Gasteiger partial charge in [0.05, 0.1) is 11.0 Å². The number of fused-ring (bicyclic) bond motifs is 1. The van der Waals surface area contributed by atoms with Crippen molar-refractivity contribution < 1.29 is 14.4 Å². The highest BCUT2D eigenvalue weighted by atomic mass is 16.2. The van der Waals surface area contributed by atoms with Crippen molar-refractivity contribution in [2.75, 3.05) is 17.3 Å². The number of nitrogens with one attached hydrogen (secondary N) is 1. The van der Waals surface area contributed by atoms with Crippen LogP contribution in [0.2, 0.25) is 0 Å². The Labute approximate surface area is 204 Å². The van der Waals surface area contributed by atoms with E-state index >= 15 is 0 Å². The molecule has 2 aromatic carbocycles. The van der Waals surface area contributed by atoms with Crippen LogP contribution in [0.5, 0.6) is 0 Å². The van der Waals surface area contributed by atoms with E-state index in [2.05, 4.69) is 10.3 Å². The zero-order valence-electron chi connectivity index (χ0n) is 19.9. The average Bonchev–Trinajstić information content (AvgIpc) is 3.48. The third kappa shape index (κ3) is 6.15. The number of primary amides is 1. The van der Waals surface area contributed by atoms with Gasteiger partial charge in [-0.3, -0.25) is 19.7 Å². The first-order valence-electron chi connectivity index (χ1n) is 12.0. The Balaban J connectivity index is 1.56. The van der Waals surface area contributed by atoms with Gasteiger partial charge in [0, 0.05) is 38.2 Å². The Bertz CT molecular complexity index is 1240. The number of nitrogens with zero attached hydrogens (tertiary/aromatic N) is 3. The zero-order chi connectivity index (χ0) is 24.8. The molecule has 0 spiro atoms. The van der Waals surface area contributed by atoms with Crippen LogP contribution in [0.3, 0.4) is 0 Å². The molecule has 3 aromatic rings. The first kappa shape index (κ1) is 24.2. The molecule has 8 nitrogen and oxygen atoms in total. The van der Waals surface area contributed by atoms with E-state index in [9.17, 15) is 14.4 Å². The molecule has 1 fully saturated rings. The molecule has 4 rings (SSSR count). The molecule has 0 aliphatic heterocycles. The molecule has 0 unspecified atom stereocenters. The van der Waals surface area contributed by atoms with E-state index in [-0.39, 0.29) is 24.8 Å². The minimum atomic E-state index is -0.443. The van der Waals surface area contributed by atoms with E-state index in [1.165, 1.54) is 18.9 Å². The number of rotatable bonds is 9. The standard InChI is InChI=1S/C27H31N5O3/c1-31(26(35)17-20-9-5-6-10-20)21-12-13-23-22(18-21)29-27(32(23)16-15-24(28)33)30-25(34)14-11-19-7-3-2-4-8-19/h2-4,7-8,11-14,18,20H,5-6,9-10,15-17H2,1H3,(H2,28,33)(H,29,30,34). The number of amides is 3. The van der Waals surface area contributed by atoms with Crippen molar-refractivity contribution in [2.45, 2.75) is 45.1 Å². The summed E-state index contributed by atoms with van der Waals surface area (Å²) in [6, 6.07) is 15.0. The van der Waals surface area contributed by atoms with Crippen molar-refractivity contribution in [2.24, 2.45) is 11.7 Å². The van der Waals surface area contributed by atoms with Crippen molar-refractivity contribution in [1.29, 1.82) is 0 Å². The fourth-order valence-corrected chi connectivity index (χ4v) is 4.50. The summed E-state index contributed by atoms with van der Waals surface area (Å²) in [5, 5.41) is 2.81. The van der Waals surface area contributed by atoms with Gasteiger partial charge in [0.1, 0.15) is 0 Å². The second-order valence-corrected chi connectivity index (χ2v) is 9.02. The highest BCUT2D eigenvalue weighted by molar-refractivity contribution is 6.02. The molecule has 3 amide bonds. The van der Waals surface area contributed by atoms with Gasteiger partial charge in [-0.1, -0.05) is 43.2 Å². The average molecular weight is 474 g/mol. The lowest BCUT2D eigenvalue weighted by molar-refractivity contribution is -0.119. The lowest BCUT2D eigenvalue weighted by atomic mass is 10.0. The van der Waals surface area contributed by atoms with Crippen LogP contribution in [0, 0.1) is 5.92 Å². The van der Waals surface area contributed by atoms with Gasteiger partial charge in [0.2, 0.25) is 17.8 Å². The molecule has 0 radical (unpaired) electrons. The maximum Gasteiger partial charge on any atom is 0.250 e. The Morgan fingerprint density at radius 1 is 1.14 bits per heavy atom. The van der Waals surface area contributed by atoms with Crippen LogP contribution in [-0.2, 0) is 20.9 Å². The highest BCUT2D eigenvalue weighted by Crippen LogP contribution is 2.30. The van der Waals surface area contributed by atoms with Gasteiger partial charge in [-0.15, -0.1) is 0 Å². The number of anilines is 2. The molecule has 35 heavy (non-hydrogen) atoms. The number of hydrogen-bond acceptors (Lipinski definition) is 4. The molecule has 1 aliphatic rings. The number of aryl methyl sites for hydroxylation is 1. The van der Waals surface area contributed by atoms with Crippen molar-refractivity contribution in [1.82, 2.24) is 9.55 Å².